The molecule has 2 heterocycles. The zero-order valence-corrected chi connectivity index (χ0v) is 10.8. The Morgan fingerprint density at radius 2 is 2.26 bits per heavy atom. The Kier molecular flexibility index (Phi) is 3.70. The first-order valence-corrected chi connectivity index (χ1v) is 5.90. The van der Waals surface area contributed by atoms with Crippen molar-refractivity contribution in [3.05, 3.63) is 11.4 Å². The van der Waals surface area contributed by atoms with Crippen LogP contribution in [0.3, 0.4) is 0 Å². The number of carbonyl (C=O) groups excluding carboxylic acids is 1. The monoisotopic (exact) mass is 268 g/mol. The molecule has 1 saturated heterocycles. The van der Waals surface area contributed by atoms with Crippen LogP contribution in [0.1, 0.15) is 11.4 Å². The first-order valence-electron chi connectivity index (χ1n) is 5.90. The number of nitrogens with zero attached hydrogens (tertiary/aromatic N) is 2. The van der Waals surface area contributed by atoms with Gasteiger partial charge in [0.25, 0.3) is 0 Å². The number of nitrogens with one attached hydrogen (secondary N) is 2. The first-order chi connectivity index (χ1) is 9.00. The molecule has 0 aromatic carbocycles. The van der Waals surface area contributed by atoms with E-state index in [0.717, 1.165) is 5.69 Å². The lowest BCUT2D eigenvalue weighted by molar-refractivity contribution is -0.147. The zero-order valence-electron chi connectivity index (χ0n) is 10.8. The maximum atomic E-state index is 12.1. The number of hydrogen-bond donors (Lipinski definition) is 3. The van der Waals surface area contributed by atoms with Gasteiger partial charge in [-0.3, -0.25) is 5.10 Å². The minimum Gasteiger partial charge on any atom is -0.480 e. The second-order valence-electron chi connectivity index (χ2n) is 4.36. The molecular formula is C11H16N4O4. The van der Waals surface area contributed by atoms with Crippen LogP contribution in [0.2, 0.25) is 0 Å². The topological polar surface area (TPSA) is 108 Å². The van der Waals surface area contributed by atoms with E-state index < -0.39 is 18.0 Å². The van der Waals surface area contributed by atoms with Gasteiger partial charge in [0.05, 0.1) is 30.3 Å². The summed E-state index contributed by atoms with van der Waals surface area (Å²) < 4.78 is 5.09. The van der Waals surface area contributed by atoms with Gasteiger partial charge in [0.1, 0.15) is 0 Å². The lowest BCUT2D eigenvalue weighted by Crippen LogP contribution is -2.54. The van der Waals surface area contributed by atoms with Crippen LogP contribution in [-0.2, 0) is 9.53 Å². The van der Waals surface area contributed by atoms with Gasteiger partial charge in [-0.05, 0) is 13.8 Å². The molecule has 0 saturated carbocycles. The Bertz CT molecular complexity index is 479. The van der Waals surface area contributed by atoms with E-state index in [2.05, 4.69) is 15.5 Å². The molecule has 0 bridgehead atoms. The van der Waals surface area contributed by atoms with Crippen molar-refractivity contribution >= 4 is 17.7 Å². The minimum absolute atomic E-state index is 0.00606. The molecule has 2 amide bonds. The van der Waals surface area contributed by atoms with E-state index in [0.29, 0.717) is 18.0 Å². The summed E-state index contributed by atoms with van der Waals surface area (Å²) in [6, 6.07) is -1.41. The third-order valence-corrected chi connectivity index (χ3v) is 3.03. The molecule has 19 heavy (non-hydrogen) atoms. The van der Waals surface area contributed by atoms with Crippen molar-refractivity contribution in [3.63, 3.8) is 0 Å². The number of hydrogen-bond acceptors (Lipinski definition) is 4. The number of aliphatic carboxylic acids is 1. The Morgan fingerprint density at radius 1 is 1.53 bits per heavy atom. The van der Waals surface area contributed by atoms with E-state index >= 15 is 0 Å². The highest BCUT2D eigenvalue weighted by Gasteiger charge is 2.33. The van der Waals surface area contributed by atoms with Gasteiger partial charge in [0.15, 0.2) is 6.04 Å². The largest absolute Gasteiger partial charge is 0.480 e. The van der Waals surface area contributed by atoms with Crippen molar-refractivity contribution in [3.8, 4) is 0 Å². The summed E-state index contributed by atoms with van der Waals surface area (Å²) in [7, 11) is 0. The maximum Gasteiger partial charge on any atom is 0.328 e. The summed E-state index contributed by atoms with van der Waals surface area (Å²) in [5.74, 6) is -1.07. The molecule has 1 fully saturated rings. The average molecular weight is 268 g/mol. The Labute approximate surface area is 109 Å². The Hall–Kier alpha value is -2.09. The number of urea groups is 1. The number of carboxylic acid groups (broad SMARTS) is 1. The number of aromatic nitrogens is 2. The third-order valence-electron chi connectivity index (χ3n) is 3.03. The van der Waals surface area contributed by atoms with Gasteiger partial charge in [-0.25, -0.2) is 9.59 Å². The highest BCUT2D eigenvalue weighted by Crippen LogP contribution is 2.18. The van der Waals surface area contributed by atoms with Gasteiger partial charge in [-0.1, -0.05) is 0 Å². The lowest BCUT2D eigenvalue weighted by atomic mass is 10.2. The first kappa shape index (κ1) is 13.3. The summed E-state index contributed by atoms with van der Waals surface area (Å²) in [5, 5.41) is 18.5. The fourth-order valence-electron chi connectivity index (χ4n) is 1.97. The van der Waals surface area contributed by atoms with Crippen molar-refractivity contribution in [2.24, 2.45) is 0 Å². The van der Waals surface area contributed by atoms with Gasteiger partial charge < -0.3 is 20.1 Å². The quantitative estimate of drug-likeness (QED) is 0.717. The van der Waals surface area contributed by atoms with Crippen LogP contribution in [-0.4, -0.2) is 58.0 Å². The van der Waals surface area contributed by atoms with Gasteiger partial charge in [-0.15, -0.1) is 0 Å². The maximum absolute atomic E-state index is 12.1. The van der Waals surface area contributed by atoms with E-state index in [-0.39, 0.29) is 13.2 Å². The van der Waals surface area contributed by atoms with Crippen LogP contribution in [0.4, 0.5) is 10.5 Å². The number of carboxylic acids is 1. The molecule has 104 valence electrons. The molecule has 0 spiro atoms. The van der Waals surface area contributed by atoms with Crippen molar-refractivity contribution in [2.75, 3.05) is 25.1 Å². The average Bonchev–Trinajstić information content (AvgIpc) is 2.70. The Balaban J connectivity index is 2.12. The highest BCUT2D eigenvalue weighted by atomic mass is 16.5. The summed E-state index contributed by atoms with van der Waals surface area (Å²) in [6.07, 6.45) is 0. The normalized spacial score (nSPS) is 19.3. The highest BCUT2D eigenvalue weighted by molar-refractivity contribution is 5.93. The van der Waals surface area contributed by atoms with Crippen LogP contribution in [0, 0.1) is 13.8 Å². The van der Waals surface area contributed by atoms with Crippen molar-refractivity contribution < 1.29 is 19.4 Å². The molecule has 1 unspecified atom stereocenters. The molecule has 8 heteroatoms. The molecule has 2 rings (SSSR count). The number of H-pyrrole nitrogens is 1. The molecule has 0 radical (unpaired) electrons. The molecule has 0 aliphatic carbocycles. The van der Waals surface area contributed by atoms with Crippen LogP contribution >= 0.6 is 0 Å². The SMILES string of the molecule is Cc1n[nH]c(C)c1NC(=O)N1CCOCC1C(=O)O. The molecular weight excluding hydrogens is 252 g/mol. The van der Waals surface area contributed by atoms with E-state index in [9.17, 15) is 9.59 Å². The molecule has 1 aliphatic heterocycles. The fraction of sp³-hybridized carbons (Fsp3) is 0.545. The van der Waals surface area contributed by atoms with Gasteiger partial charge >= 0.3 is 12.0 Å². The van der Waals surface area contributed by atoms with Gasteiger partial charge in [-0.2, -0.15) is 5.10 Å². The van der Waals surface area contributed by atoms with Crippen molar-refractivity contribution in [2.45, 2.75) is 19.9 Å². The van der Waals surface area contributed by atoms with E-state index in [4.69, 9.17) is 9.84 Å². The predicted molar refractivity (Wildman–Crippen MR) is 66.0 cm³/mol. The zero-order chi connectivity index (χ0) is 14.0. The number of ether oxygens (including phenoxy) is 1. The lowest BCUT2D eigenvalue weighted by Gasteiger charge is -2.32. The molecule has 1 aliphatic rings. The number of morpholine rings is 1. The summed E-state index contributed by atoms with van der Waals surface area (Å²) in [6.45, 7) is 4.13. The second-order valence-corrected chi connectivity index (χ2v) is 4.36. The number of amides is 2. The van der Waals surface area contributed by atoms with E-state index in [1.54, 1.807) is 13.8 Å². The second kappa shape index (κ2) is 5.27. The minimum atomic E-state index is -1.07. The van der Waals surface area contributed by atoms with Crippen molar-refractivity contribution in [1.82, 2.24) is 15.1 Å². The molecule has 1 aromatic heterocycles. The standard InChI is InChI=1S/C11H16N4O4/c1-6-9(7(2)14-13-6)12-11(18)15-3-4-19-5-8(15)10(16)17/h8H,3-5H2,1-2H3,(H,12,18)(H,13,14)(H,16,17). The molecule has 3 N–H and O–H groups in total. The summed E-state index contributed by atoms with van der Waals surface area (Å²) in [4.78, 5) is 24.5. The van der Waals surface area contributed by atoms with Gasteiger partial charge in [0.2, 0.25) is 0 Å². The van der Waals surface area contributed by atoms with Crippen LogP contribution in [0.15, 0.2) is 0 Å². The van der Waals surface area contributed by atoms with Crippen LogP contribution in [0.5, 0.6) is 0 Å². The van der Waals surface area contributed by atoms with Crippen LogP contribution < -0.4 is 5.32 Å². The number of carbonyl (C=O) groups is 2. The number of aryl methyl sites for hydroxylation is 2. The predicted octanol–water partition coefficient (Wildman–Crippen LogP) is 0.344. The number of aromatic amines is 1. The summed E-state index contributed by atoms with van der Waals surface area (Å²) in [5.41, 5.74) is 1.97. The molecule has 1 aromatic rings. The molecule has 8 nitrogen and oxygen atoms in total. The number of anilines is 1. The fourth-order valence-corrected chi connectivity index (χ4v) is 1.97. The summed E-state index contributed by atoms with van der Waals surface area (Å²) >= 11 is 0. The van der Waals surface area contributed by atoms with E-state index in [1.165, 1.54) is 4.90 Å². The van der Waals surface area contributed by atoms with Crippen molar-refractivity contribution in [1.29, 1.82) is 0 Å². The molecule has 1 atom stereocenters. The number of rotatable bonds is 2. The van der Waals surface area contributed by atoms with E-state index in [1.807, 2.05) is 0 Å². The van der Waals surface area contributed by atoms with Gasteiger partial charge in [0, 0.05) is 6.54 Å². The van der Waals surface area contributed by atoms with Crippen LogP contribution in [0.25, 0.3) is 0 Å². The smallest absolute Gasteiger partial charge is 0.328 e. The third kappa shape index (κ3) is 2.68. The Morgan fingerprint density at radius 3 is 2.84 bits per heavy atom.